The minimum absolute atomic E-state index is 0.0810. The van der Waals surface area contributed by atoms with Gasteiger partial charge in [-0.15, -0.1) is 11.8 Å². The number of rotatable bonds is 5. The van der Waals surface area contributed by atoms with Crippen molar-refractivity contribution in [3.8, 4) is 5.75 Å². The molecule has 0 aliphatic heterocycles. The van der Waals surface area contributed by atoms with E-state index in [1.165, 1.54) is 18.0 Å². The van der Waals surface area contributed by atoms with Crippen molar-refractivity contribution in [3.63, 3.8) is 0 Å². The van der Waals surface area contributed by atoms with Crippen LogP contribution < -0.4 is 10.6 Å². The summed E-state index contributed by atoms with van der Waals surface area (Å²) in [7, 11) is 0. The van der Waals surface area contributed by atoms with Crippen LogP contribution in [0.2, 0.25) is 0 Å². The second kappa shape index (κ2) is 7.39. The predicted octanol–water partition coefficient (Wildman–Crippen LogP) is 2.10. The number of furan rings is 1. The summed E-state index contributed by atoms with van der Waals surface area (Å²) in [5, 5.41) is 14.0. The maximum absolute atomic E-state index is 11.6. The van der Waals surface area contributed by atoms with Crippen LogP contribution in [-0.4, -0.2) is 22.8 Å². The summed E-state index contributed by atoms with van der Waals surface area (Å²) in [5.41, 5.74) is 0. The average Bonchev–Trinajstić information content (AvgIpc) is 2.96. The number of amides is 3. The first-order valence-corrected chi connectivity index (χ1v) is 7.14. The summed E-state index contributed by atoms with van der Waals surface area (Å²) in [6.07, 6.45) is 1.51. The summed E-state index contributed by atoms with van der Waals surface area (Å²) in [5.74, 6) is 0.404. The van der Waals surface area contributed by atoms with Gasteiger partial charge in [0.05, 0.1) is 18.6 Å². The van der Waals surface area contributed by atoms with Gasteiger partial charge in [0.15, 0.2) is 0 Å². The van der Waals surface area contributed by atoms with Crippen molar-refractivity contribution in [1.82, 2.24) is 10.6 Å². The lowest BCUT2D eigenvalue weighted by atomic mass is 10.3. The first-order valence-electron chi connectivity index (χ1n) is 6.15. The van der Waals surface area contributed by atoms with Crippen LogP contribution >= 0.6 is 11.8 Å². The third-order valence-corrected chi connectivity index (χ3v) is 3.44. The molecule has 1 heterocycles. The number of phenolic OH excluding ortho intramolecular Hbond substituents is 1. The van der Waals surface area contributed by atoms with Crippen molar-refractivity contribution in [2.24, 2.45) is 0 Å². The van der Waals surface area contributed by atoms with E-state index in [0.717, 1.165) is 4.90 Å². The molecule has 1 aromatic carbocycles. The second-order valence-corrected chi connectivity index (χ2v) is 5.15. The number of benzene rings is 1. The Balaban J connectivity index is 1.70. The molecule has 6 nitrogen and oxygen atoms in total. The molecule has 0 fully saturated rings. The van der Waals surface area contributed by atoms with Crippen molar-refractivity contribution in [1.29, 1.82) is 0 Å². The van der Waals surface area contributed by atoms with Crippen molar-refractivity contribution in [3.05, 3.63) is 48.4 Å². The van der Waals surface area contributed by atoms with E-state index >= 15 is 0 Å². The number of aromatic hydroxyl groups is 1. The third kappa shape index (κ3) is 5.23. The lowest BCUT2D eigenvalue weighted by molar-refractivity contribution is -0.117. The van der Waals surface area contributed by atoms with Crippen LogP contribution in [0.25, 0.3) is 0 Å². The highest BCUT2D eigenvalue weighted by Gasteiger charge is 2.08. The zero-order valence-electron chi connectivity index (χ0n) is 11.0. The average molecular weight is 306 g/mol. The molecule has 0 saturated heterocycles. The lowest BCUT2D eigenvalue weighted by Crippen LogP contribution is -2.39. The van der Waals surface area contributed by atoms with E-state index in [1.54, 1.807) is 36.4 Å². The number of urea groups is 1. The minimum atomic E-state index is -0.576. The Hall–Kier alpha value is -2.41. The number of phenols is 1. The van der Waals surface area contributed by atoms with Gasteiger partial charge in [0, 0.05) is 4.90 Å². The van der Waals surface area contributed by atoms with Crippen molar-refractivity contribution >= 4 is 23.7 Å². The molecule has 0 bridgehead atoms. The van der Waals surface area contributed by atoms with Crippen molar-refractivity contribution in [2.45, 2.75) is 11.4 Å². The Morgan fingerprint density at radius 2 is 2.10 bits per heavy atom. The van der Waals surface area contributed by atoms with Crippen LogP contribution in [0.15, 0.2) is 52.0 Å². The molecule has 110 valence electrons. The fourth-order valence-electron chi connectivity index (χ4n) is 1.51. The van der Waals surface area contributed by atoms with Crippen LogP contribution in [0, 0.1) is 0 Å². The Bertz CT molecular complexity index is 613. The highest BCUT2D eigenvalue weighted by Crippen LogP contribution is 2.21. The van der Waals surface area contributed by atoms with Crippen LogP contribution in [0.4, 0.5) is 4.79 Å². The Labute approximate surface area is 125 Å². The summed E-state index contributed by atoms with van der Waals surface area (Å²) < 4.78 is 5.05. The van der Waals surface area contributed by atoms with Gasteiger partial charge in [-0.1, -0.05) is 6.07 Å². The van der Waals surface area contributed by atoms with Crippen LogP contribution in [0.3, 0.4) is 0 Å². The summed E-state index contributed by atoms with van der Waals surface area (Å²) in [4.78, 5) is 23.8. The van der Waals surface area contributed by atoms with Gasteiger partial charge in [-0.05, 0) is 30.3 Å². The third-order valence-electron chi connectivity index (χ3n) is 2.44. The molecule has 3 amide bonds. The fraction of sp³-hybridized carbons (Fsp3) is 0.143. The molecular formula is C14H14N2O4S. The quantitative estimate of drug-likeness (QED) is 0.736. The standard InChI is InChI=1S/C14H14N2O4S/c17-10-3-1-5-12(7-10)21-9-13(18)16-14(19)15-8-11-4-2-6-20-11/h1-7,17H,8-9H2,(H2,15,16,18,19). The van der Waals surface area contributed by atoms with E-state index < -0.39 is 11.9 Å². The van der Waals surface area contributed by atoms with E-state index in [-0.39, 0.29) is 18.0 Å². The fourth-order valence-corrected chi connectivity index (χ4v) is 2.26. The van der Waals surface area contributed by atoms with E-state index in [2.05, 4.69) is 10.6 Å². The highest BCUT2D eigenvalue weighted by molar-refractivity contribution is 8.00. The second-order valence-electron chi connectivity index (χ2n) is 4.10. The van der Waals surface area contributed by atoms with Crippen molar-refractivity contribution < 1.29 is 19.1 Å². The molecule has 0 unspecified atom stereocenters. The molecule has 7 heteroatoms. The number of hydrogen-bond donors (Lipinski definition) is 3. The van der Waals surface area contributed by atoms with Gasteiger partial charge >= 0.3 is 6.03 Å². The SMILES string of the molecule is O=C(CSc1cccc(O)c1)NC(=O)NCc1ccco1. The van der Waals surface area contributed by atoms with E-state index in [1.807, 2.05) is 0 Å². The van der Waals surface area contributed by atoms with Crippen LogP contribution in [-0.2, 0) is 11.3 Å². The smallest absolute Gasteiger partial charge is 0.321 e. The Morgan fingerprint density at radius 3 is 2.81 bits per heavy atom. The summed E-state index contributed by atoms with van der Waals surface area (Å²) in [6.45, 7) is 0.214. The van der Waals surface area contributed by atoms with Gasteiger partial charge in [0.25, 0.3) is 0 Å². The normalized spacial score (nSPS) is 10.1. The largest absolute Gasteiger partial charge is 0.508 e. The van der Waals surface area contributed by atoms with Gasteiger partial charge < -0.3 is 14.8 Å². The number of hydrogen-bond acceptors (Lipinski definition) is 5. The molecule has 0 radical (unpaired) electrons. The lowest BCUT2D eigenvalue weighted by Gasteiger charge is -2.05. The molecule has 21 heavy (non-hydrogen) atoms. The van der Waals surface area contributed by atoms with Crippen LogP contribution in [0.1, 0.15) is 5.76 Å². The molecule has 0 spiro atoms. The minimum Gasteiger partial charge on any atom is -0.508 e. The molecule has 2 aromatic rings. The molecule has 3 N–H and O–H groups in total. The molecular weight excluding hydrogens is 292 g/mol. The molecule has 2 rings (SSSR count). The Kier molecular flexibility index (Phi) is 5.28. The summed E-state index contributed by atoms with van der Waals surface area (Å²) >= 11 is 1.23. The van der Waals surface area contributed by atoms with Gasteiger partial charge in [-0.2, -0.15) is 0 Å². The molecule has 0 aliphatic carbocycles. The maximum Gasteiger partial charge on any atom is 0.321 e. The Morgan fingerprint density at radius 1 is 1.24 bits per heavy atom. The number of carbonyl (C=O) groups excluding carboxylic acids is 2. The van der Waals surface area contributed by atoms with E-state index in [4.69, 9.17) is 4.42 Å². The number of carbonyl (C=O) groups is 2. The number of nitrogens with one attached hydrogen (secondary N) is 2. The number of thioether (sulfide) groups is 1. The molecule has 0 saturated carbocycles. The van der Waals surface area contributed by atoms with Gasteiger partial charge in [-0.3, -0.25) is 10.1 Å². The van der Waals surface area contributed by atoms with E-state index in [9.17, 15) is 14.7 Å². The van der Waals surface area contributed by atoms with Crippen LogP contribution in [0.5, 0.6) is 5.75 Å². The van der Waals surface area contributed by atoms with Crippen molar-refractivity contribution in [2.75, 3.05) is 5.75 Å². The molecule has 0 aliphatic rings. The first kappa shape index (κ1) is 15.0. The van der Waals surface area contributed by atoms with E-state index in [0.29, 0.717) is 5.76 Å². The predicted molar refractivity (Wildman–Crippen MR) is 77.9 cm³/mol. The van der Waals surface area contributed by atoms with Gasteiger partial charge in [0.1, 0.15) is 11.5 Å². The topological polar surface area (TPSA) is 91.6 Å². The first-order chi connectivity index (χ1) is 10.1. The zero-order valence-corrected chi connectivity index (χ0v) is 11.9. The molecule has 1 aromatic heterocycles. The van der Waals surface area contributed by atoms with Gasteiger partial charge in [-0.25, -0.2) is 4.79 Å². The van der Waals surface area contributed by atoms with Gasteiger partial charge in [0.2, 0.25) is 5.91 Å². The molecule has 0 atom stereocenters. The zero-order chi connectivity index (χ0) is 15.1. The monoisotopic (exact) mass is 306 g/mol. The maximum atomic E-state index is 11.6. The summed E-state index contributed by atoms with van der Waals surface area (Å²) in [6, 6.07) is 9.42. The highest BCUT2D eigenvalue weighted by atomic mass is 32.2. The number of imide groups is 1.